The van der Waals surface area contributed by atoms with E-state index in [-0.39, 0.29) is 23.2 Å². The van der Waals surface area contributed by atoms with Crippen molar-refractivity contribution in [2.45, 2.75) is 52.0 Å². The minimum Gasteiger partial charge on any atom is -0.366 e. The van der Waals surface area contributed by atoms with Gasteiger partial charge in [-0.05, 0) is 80.3 Å². The van der Waals surface area contributed by atoms with Gasteiger partial charge in [-0.3, -0.25) is 4.79 Å². The van der Waals surface area contributed by atoms with Crippen LogP contribution in [0.5, 0.6) is 0 Å². The highest BCUT2D eigenvalue weighted by atomic mass is 35.5. The number of amides is 1. The molecule has 0 aliphatic carbocycles. The third-order valence-corrected chi connectivity index (χ3v) is 7.76. The van der Waals surface area contributed by atoms with E-state index in [1.165, 1.54) is 0 Å². The van der Waals surface area contributed by atoms with Gasteiger partial charge < -0.3 is 10.2 Å². The van der Waals surface area contributed by atoms with E-state index in [2.05, 4.69) is 42.9 Å². The number of carbonyl (C=O) groups excluding carboxylic acids is 1. The zero-order valence-electron chi connectivity index (χ0n) is 19.0. The fourth-order valence-corrected chi connectivity index (χ4v) is 5.75. The van der Waals surface area contributed by atoms with Crippen LogP contribution in [-0.4, -0.2) is 23.2 Å². The van der Waals surface area contributed by atoms with Crippen LogP contribution in [0.1, 0.15) is 57.6 Å². The van der Waals surface area contributed by atoms with Crippen LogP contribution in [-0.2, 0) is 4.79 Å². The fraction of sp³-hybridized carbons (Fsp3) is 0.360. The molecule has 0 aromatic heterocycles. The second-order valence-corrected chi connectivity index (χ2v) is 10.9. The summed E-state index contributed by atoms with van der Waals surface area (Å²) in [5.74, 6) is -0.382. The molecule has 1 atom stereocenters. The normalized spacial score (nSPS) is 22.1. The minimum atomic E-state index is -0.344. The molecule has 1 saturated heterocycles. The Balaban J connectivity index is 1.67. The van der Waals surface area contributed by atoms with Gasteiger partial charge >= 0.3 is 0 Å². The van der Waals surface area contributed by atoms with Gasteiger partial charge in [0.1, 0.15) is 5.82 Å². The van der Waals surface area contributed by atoms with Crippen molar-refractivity contribution in [3.8, 4) is 0 Å². The molecule has 2 aliphatic rings. The lowest BCUT2D eigenvalue weighted by Gasteiger charge is -2.47. The van der Waals surface area contributed by atoms with Gasteiger partial charge in [0.25, 0.3) is 5.91 Å². The third-order valence-electron chi connectivity index (χ3n) is 6.04. The minimum absolute atomic E-state index is 0.0387. The number of hydrogen-bond donors (Lipinski definition) is 1. The predicted octanol–water partition coefficient (Wildman–Crippen LogP) is 7.53. The van der Waals surface area contributed by atoms with Gasteiger partial charge in [-0.15, -0.1) is 0 Å². The Hall–Kier alpha value is -2.02. The van der Waals surface area contributed by atoms with E-state index in [4.69, 9.17) is 23.2 Å². The van der Waals surface area contributed by atoms with Crippen LogP contribution in [0, 0.1) is 5.82 Å². The van der Waals surface area contributed by atoms with Gasteiger partial charge in [-0.2, -0.15) is 0 Å². The van der Waals surface area contributed by atoms with Crippen molar-refractivity contribution in [1.82, 2.24) is 5.32 Å². The number of halogens is 3. The molecule has 1 amide bonds. The average Bonchev–Trinajstić information content (AvgIpc) is 3.08. The number of anilines is 1. The lowest BCUT2D eigenvalue weighted by atomic mass is 9.79. The maximum absolute atomic E-state index is 15.2. The van der Waals surface area contributed by atoms with Crippen LogP contribution in [0.2, 0.25) is 10.0 Å². The van der Waals surface area contributed by atoms with Gasteiger partial charge in [0, 0.05) is 23.3 Å². The number of nitrogens with zero attached hydrogens (tertiary/aromatic N) is 2. The molecule has 2 heterocycles. The maximum atomic E-state index is 15.2. The molecule has 0 bridgehead atoms. The molecular formula is C25H26Cl2FN3OS. The quantitative estimate of drug-likeness (QED) is 0.436. The van der Waals surface area contributed by atoms with E-state index in [1.807, 2.05) is 6.07 Å². The van der Waals surface area contributed by atoms with Crippen molar-refractivity contribution in [2.24, 2.45) is 4.99 Å². The van der Waals surface area contributed by atoms with Gasteiger partial charge in [0.15, 0.2) is 5.17 Å². The van der Waals surface area contributed by atoms with Crippen LogP contribution in [0.15, 0.2) is 40.2 Å². The van der Waals surface area contributed by atoms with Crippen LogP contribution in [0.25, 0.3) is 6.08 Å². The highest BCUT2D eigenvalue weighted by Crippen LogP contribution is 2.45. The molecule has 4 rings (SSSR count). The van der Waals surface area contributed by atoms with Gasteiger partial charge in [-0.1, -0.05) is 43.1 Å². The van der Waals surface area contributed by atoms with E-state index < -0.39 is 0 Å². The lowest BCUT2D eigenvalue weighted by molar-refractivity contribution is -0.115. The van der Waals surface area contributed by atoms with Gasteiger partial charge in [0.2, 0.25) is 0 Å². The Bertz CT molecular complexity index is 1180. The summed E-state index contributed by atoms with van der Waals surface area (Å²) in [5.41, 5.74) is 2.88. The zero-order chi connectivity index (χ0) is 23.9. The number of carbonyl (C=O) groups is 1. The second-order valence-electron chi connectivity index (χ2n) is 9.06. The summed E-state index contributed by atoms with van der Waals surface area (Å²) in [4.78, 5) is 19.6. The van der Waals surface area contributed by atoms with Crippen molar-refractivity contribution >= 4 is 63.5 Å². The third kappa shape index (κ3) is 4.79. The topological polar surface area (TPSA) is 44.7 Å². The first-order chi connectivity index (χ1) is 15.6. The number of amidine groups is 1. The van der Waals surface area contributed by atoms with Crippen molar-refractivity contribution in [1.29, 1.82) is 0 Å². The van der Waals surface area contributed by atoms with E-state index in [9.17, 15) is 4.79 Å². The molecule has 1 fully saturated rings. The average molecular weight is 506 g/mol. The van der Waals surface area contributed by atoms with Crippen molar-refractivity contribution in [2.75, 3.05) is 11.4 Å². The van der Waals surface area contributed by atoms with E-state index >= 15 is 4.39 Å². The van der Waals surface area contributed by atoms with E-state index in [0.29, 0.717) is 31.4 Å². The van der Waals surface area contributed by atoms with Crippen molar-refractivity contribution in [3.05, 3.63) is 62.2 Å². The first kappa shape index (κ1) is 24.1. The SMILES string of the molecule is CCCN1c2cc(F)c(/C=C3/SC(=Nc4cccc(Cl)c4Cl)NC3=O)cc2C(C)CC1(C)C. The molecule has 2 aromatic rings. The molecule has 0 radical (unpaired) electrons. The highest BCUT2D eigenvalue weighted by Gasteiger charge is 2.36. The zero-order valence-corrected chi connectivity index (χ0v) is 21.3. The molecule has 1 N–H and O–H groups in total. The number of thioether (sulfide) groups is 1. The van der Waals surface area contributed by atoms with Crippen LogP contribution >= 0.6 is 35.0 Å². The smallest absolute Gasteiger partial charge is 0.264 e. The number of benzene rings is 2. The number of fused-ring (bicyclic) bond motifs is 1. The summed E-state index contributed by atoms with van der Waals surface area (Å²) in [6.45, 7) is 9.60. The van der Waals surface area contributed by atoms with Gasteiger partial charge in [0.05, 0.1) is 20.6 Å². The van der Waals surface area contributed by atoms with Crippen molar-refractivity contribution < 1.29 is 9.18 Å². The monoisotopic (exact) mass is 505 g/mol. The summed E-state index contributed by atoms with van der Waals surface area (Å²) >= 11 is 13.4. The van der Waals surface area contributed by atoms with Gasteiger partial charge in [-0.25, -0.2) is 9.38 Å². The Kier molecular flexibility index (Phi) is 6.81. The number of rotatable bonds is 4. The molecule has 4 nitrogen and oxygen atoms in total. The predicted molar refractivity (Wildman–Crippen MR) is 138 cm³/mol. The molecule has 174 valence electrons. The van der Waals surface area contributed by atoms with Crippen LogP contribution in [0.3, 0.4) is 0 Å². The second kappa shape index (κ2) is 9.32. The van der Waals surface area contributed by atoms with Crippen LogP contribution in [0.4, 0.5) is 15.8 Å². The summed E-state index contributed by atoms with van der Waals surface area (Å²) in [7, 11) is 0. The van der Waals surface area contributed by atoms with Crippen LogP contribution < -0.4 is 10.2 Å². The maximum Gasteiger partial charge on any atom is 0.264 e. The standard InChI is InChI=1S/C25H26Cl2FN3OS/c1-5-9-31-20-12-18(28)15(10-16(20)14(2)13-25(31,3)4)11-21-23(32)30-24(33-21)29-19-8-6-7-17(26)22(19)27/h6-8,10-12,14H,5,9,13H2,1-4H3,(H,29,30,32)/b21-11+. The highest BCUT2D eigenvalue weighted by molar-refractivity contribution is 8.18. The molecule has 2 aliphatic heterocycles. The number of hydrogen-bond acceptors (Lipinski definition) is 4. The molecule has 0 spiro atoms. The molecular weight excluding hydrogens is 480 g/mol. The number of aliphatic imine (C=N–C) groups is 1. The molecule has 2 aromatic carbocycles. The molecule has 0 saturated carbocycles. The Morgan fingerprint density at radius 1 is 1.33 bits per heavy atom. The largest absolute Gasteiger partial charge is 0.366 e. The summed E-state index contributed by atoms with van der Waals surface area (Å²) in [6.07, 6.45) is 3.56. The Morgan fingerprint density at radius 2 is 2.09 bits per heavy atom. The Morgan fingerprint density at radius 3 is 2.82 bits per heavy atom. The molecule has 1 unspecified atom stereocenters. The first-order valence-corrected chi connectivity index (χ1v) is 12.5. The summed E-state index contributed by atoms with van der Waals surface area (Å²) in [5, 5.41) is 3.79. The lowest BCUT2D eigenvalue weighted by Crippen LogP contribution is -2.48. The van der Waals surface area contributed by atoms with Crippen molar-refractivity contribution in [3.63, 3.8) is 0 Å². The Labute approximate surface area is 208 Å². The summed E-state index contributed by atoms with van der Waals surface area (Å²) < 4.78 is 15.2. The molecule has 8 heteroatoms. The first-order valence-electron chi connectivity index (χ1n) is 11.0. The summed E-state index contributed by atoms with van der Waals surface area (Å²) in [6, 6.07) is 8.62. The number of nitrogens with one attached hydrogen (secondary N) is 1. The van der Waals surface area contributed by atoms with E-state index in [0.717, 1.165) is 42.4 Å². The van der Waals surface area contributed by atoms with E-state index in [1.54, 1.807) is 30.3 Å². The molecule has 33 heavy (non-hydrogen) atoms. The fourth-order valence-electron chi connectivity index (χ4n) is 4.59.